The average Bonchev–Trinajstić information content (AvgIpc) is 3.05. The van der Waals surface area contributed by atoms with E-state index in [0.29, 0.717) is 12.0 Å². The summed E-state index contributed by atoms with van der Waals surface area (Å²) < 4.78 is 0. The third kappa shape index (κ3) is 3.85. The Morgan fingerprint density at radius 2 is 2.44 bits per heavy atom. The summed E-state index contributed by atoms with van der Waals surface area (Å²) in [5.74, 6) is 0.617. The summed E-state index contributed by atoms with van der Waals surface area (Å²) in [4.78, 5) is 6.76. The Labute approximate surface area is 97.6 Å². The fourth-order valence-corrected chi connectivity index (χ4v) is 1.81. The molecule has 0 atom stereocenters. The lowest BCUT2D eigenvalue weighted by molar-refractivity contribution is 0.302. The number of guanidine groups is 1. The summed E-state index contributed by atoms with van der Waals surface area (Å²) in [6.07, 6.45) is 5.98. The molecule has 2 aliphatic rings. The van der Waals surface area contributed by atoms with Crippen LogP contribution in [0.3, 0.4) is 0 Å². The first kappa shape index (κ1) is 11.5. The predicted octanol–water partition coefficient (Wildman–Crippen LogP) is 0.705. The van der Waals surface area contributed by atoms with Gasteiger partial charge in [-0.2, -0.15) is 0 Å². The zero-order valence-corrected chi connectivity index (χ0v) is 10.1. The van der Waals surface area contributed by atoms with Crippen molar-refractivity contribution in [2.24, 2.45) is 10.7 Å². The molecule has 4 nitrogen and oxygen atoms in total. The molecule has 0 unspecified atom stereocenters. The van der Waals surface area contributed by atoms with Crippen molar-refractivity contribution in [3.63, 3.8) is 0 Å². The van der Waals surface area contributed by atoms with Crippen molar-refractivity contribution in [1.29, 1.82) is 0 Å². The molecular formula is C12H22N4. The average molecular weight is 222 g/mol. The van der Waals surface area contributed by atoms with Crippen molar-refractivity contribution >= 4 is 5.96 Å². The van der Waals surface area contributed by atoms with Crippen LogP contribution in [0.4, 0.5) is 0 Å². The molecule has 1 heterocycles. The van der Waals surface area contributed by atoms with Gasteiger partial charge in [-0.25, -0.2) is 0 Å². The molecule has 0 aromatic heterocycles. The Hall–Kier alpha value is -1.03. The van der Waals surface area contributed by atoms with Crippen LogP contribution < -0.4 is 11.1 Å². The molecule has 1 aliphatic carbocycles. The molecule has 0 saturated heterocycles. The van der Waals surface area contributed by atoms with Crippen molar-refractivity contribution in [3.05, 3.63) is 11.6 Å². The fourth-order valence-electron chi connectivity index (χ4n) is 1.81. The van der Waals surface area contributed by atoms with Crippen LogP contribution in [0.25, 0.3) is 0 Å². The number of aliphatic imine (C=N–C) groups is 1. The first-order chi connectivity index (χ1) is 7.74. The largest absolute Gasteiger partial charge is 0.370 e. The summed E-state index contributed by atoms with van der Waals surface area (Å²) in [6.45, 7) is 6.24. The van der Waals surface area contributed by atoms with Crippen LogP contribution in [0.15, 0.2) is 16.6 Å². The highest BCUT2D eigenvalue weighted by Crippen LogP contribution is 2.17. The van der Waals surface area contributed by atoms with Gasteiger partial charge in [0.25, 0.3) is 0 Å². The fraction of sp³-hybridized carbons (Fsp3) is 0.750. The van der Waals surface area contributed by atoms with Gasteiger partial charge in [0.1, 0.15) is 0 Å². The molecule has 90 valence electrons. The summed E-state index contributed by atoms with van der Waals surface area (Å²) >= 11 is 0. The molecule has 2 rings (SSSR count). The normalized spacial score (nSPS) is 23.1. The molecule has 16 heavy (non-hydrogen) atoms. The molecule has 0 amide bonds. The Balaban J connectivity index is 1.63. The number of hydrogen-bond acceptors (Lipinski definition) is 2. The van der Waals surface area contributed by atoms with E-state index in [1.807, 2.05) is 0 Å². The lowest BCUT2D eigenvalue weighted by Crippen LogP contribution is -2.35. The van der Waals surface area contributed by atoms with Gasteiger partial charge in [0, 0.05) is 25.7 Å². The first-order valence-corrected chi connectivity index (χ1v) is 6.18. The van der Waals surface area contributed by atoms with Crippen molar-refractivity contribution in [1.82, 2.24) is 10.2 Å². The number of nitrogens with one attached hydrogen (secondary N) is 1. The van der Waals surface area contributed by atoms with E-state index in [1.54, 1.807) is 0 Å². The van der Waals surface area contributed by atoms with Crippen molar-refractivity contribution < 1.29 is 0 Å². The van der Waals surface area contributed by atoms with Gasteiger partial charge in [-0.3, -0.25) is 9.89 Å². The smallest absolute Gasteiger partial charge is 0.188 e. The van der Waals surface area contributed by atoms with Gasteiger partial charge < -0.3 is 11.1 Å². The van der Waals surface area contributed by atoms with Crippen molar-refractivity contribution in [2.75, 3.05) is 26.2 Å². The van der Waals surface area contributed by atoms with Gasteiger partial charge in [0.15, 0.2) is 5.96 Å². The van der Waals surface area contributed by atoms with E-state index in [0.717, 1.165) is 26.2 Å². The zero-order valence-electron chi connectivity index (χ0n) is 10.1. The second-order valence-corrected chi connectivity index (χ2v) is 4.79. The van der Waals surface area contributed by atoms with Crippen molar-refractivity contribution in [2.45, 2.75) is 32.2 Å². The molecule has 0 radical (unpaired) electrons. The van der Waals surface area contributed by atoms with Gasteiger partial charge >= 0.3 is 0 Å². The minimum atomic E-state index is 0.601. The molecule has 4 heteroatoms. The summed E-state index contributed by atoms with van der Waals surface area (Å²) in [7, 11) is 0. The Morgan fingerprint density at radius 3 is 3.06 bits per heavy atom. The Bertz CT molecular complexity index is 291. The maximum absolute atomic E-state index is 5.76. The van der Waals surface area contributed by atoms with E-state index in [2.05, 4.69) is 28.2 Å². The monoisotopic (exact) mass is 222 g/mol. The van der Waals surface area contributed by atoms with Crippen LogP contribution in [0, 0.1) is 0 Å². The van der Waals surface area contributed by atoms with Crippen LogP contribution in [0.1, 0.15) is 26.2 Å². The maximum atomic E-state index is 5.76. The zero-order chi connectivity index (χ0) is 11.4. The topological polar surface area (TPSA) is 53.6 Å². The Kier molecular flexibility index (Phi) is 3.83. The molecule has 0 bridgehead atoms. The first-order valence-electron chi connectivity index (χ1n) is 6.18. The van der Waals surface area contributed by atoms with E-state index >= 15 is 0 Å². The third-order valence-electron chi connectivity index (χ3n) is 3.15. The van der Waals surface area contributed by atoms with Gasteiger partial charge in [0.2, 0.25) is 0 Å². The van der Waals surface area contributed by atoms with Gasteiger partial charge in [0.05, 0.1) is 6.54 Å². The minimum Gasteiger partial charge on any atom is -0.370 e. The van der Waals surface area contributed by atoms with E-state index in [9.17, 15) is 0 Å². The highest BCUT2D eigenvalue weighted by molar-refractivity contribution is 5.78. The standard InChI is InChI=1S/C12H22N4/c1-10-4-7-16(8-5-10)9-6-14-12(13)15-11-2-3-11/h4,11H,2-3,5-9H2,1H3,(H3,13,14,15). The number of nitrogens with zero attached hydrogens (tertiary/aromatic N) is 2. The van der Waals surface area contributed by atoms with Gasteiger partial charge in [-0.15, -0.1) is 0 Å². The SMILES string of the molecule is CC1=CCN(CCN=C(N)NC2CC2)CC1. The molecule has 0 aromatic carbocycles. The van der Waals surface area contributed by atoms with E-state index < -0.39 is 0 Å². The number of rotatable bonds is 4. The van der Waals surface area contributed by atoms with Gasteiger partial charge in [-0.1, -0.05) is 11.6 Å². The van der Waals surface area contributed by atoms with Crippen LogP contribution in [0.5, 0.6) is 0 Å². The quantitative estimate of drug-likeness (QED) is 0.418. The van der Waals surface area contributed by atoms with Crippen LogP contribution in [-0.4, -0.2) is 43.1 Å². The number of hydrogen-bond donors (Lipinski definition) is 2. The maximum Gasteiger partial charge on any atom is 0.188 e. The third-order valence-corrected chi connectivity index (χ3v) is 3.15. The Morgan fingerprint density at radius 1 is 1.62 bits per heavy atom. The van der Waals surface area contributed by atoms with Crippen LogP contribution in [-0.2, 0) is 0 Å². The van der Waals surface area contributed by atoms with E-state index in [4.69, 9.17) is 5.73 Å². The predicted molar refractivity (Wildman–Crippen MR) is 67.5 cm³/mol. The molecular weight excluding hydrogens is 200 g/mol. The molecule has 1 fully saturated rings. The summed E-state index contributed by atoms with van der Waals surface area (Å²) in [5, 5.41) is 3.20. The second kappa shape index (κ2) is 5.34. The van der Waals surface area contributed by atoms with Crippen molar-refractivity contribution in [3.8, 4) is 0 Å². The molecule has 3 N–H and O–H groups in total. The lowest BCUT2D eigenvalue weighted by Gasteiger charge is -2.24. The highest BCUT2D eigenvalue weighted by atomic mass is 15.2. The molecule has 0 aromatic rings. The van der Waals surface area contributed by atoms with Gasteiger partial charge in [-0.05, 0) is 26.2 Å². The minimum absolute atomic E-state index is 0.601. The van der Waals surface area contributed by atoms with E-state index in [-0.39, 0.29) is 0 Å². The summed E-state index contributed by atoms with van der Waals surface area (Å²) in [6, 6.07) is 0.601. The lowest BCUT2D eigenvalue weighted by atomic mass is 10.1. The van der Waals surface area contributed by atoms with Crippen LogP contribution in [0.2, 0.25) is 0 Å². The highest BCUT2D eigenvalue weighted by Gasteiger charge is 2.21. The molecule has 0 spiro atoms. The van der Waals surface area contributed by atoms with E-state index in [1.165, 1.54) is 24.8 Å². The van der Waals surface area contributed by atoms with Crippen LogP contribution >= 0.6 is 0 Å². The summed E-state index contributed by atoms with van der Waals surface area (Å²) in [5.41, 5.74) is 7.27. The second-order valence-electron chi connectivity index (χ2n) is 4.79. The number of nitrogens with two attached hydrogens (primary N) is 1. The molecule has 1 saturated carbocycles. The molecule has 1 aliphatic heterocycles.